The molecule has 0 amide bonds. The van der Waals surface area contributed by atoms with Gasteiger partial charge in [0.05, 0.1) is 5.16 Å². The molecule has 0 fully saturated rings. The highest BCUT2D eigenvalue weighted by molar-refractivity contribution is 7.78. The van der Waals surface area contributed by atoms with E-state index in [1.54, 1.807) is 0 Å². The summed E-state index contributed by atoms with van der Waals surface area (Å²) in [7, 11) is -2.41. The van der Waals surface area contributed by atoms with Crippen molar-refractivity contribution in [3.8, 4) is 0 Å². The van der Waals surface area contributed by atoms with E-state index in [-0.39, 0.29) is 0 Å². The van der Waals surface area contributed by atoms with Crippen LogP contribution in [0.15, 0.2) is 4.99 Å². The summed E-state index contributed by atoms with van der Waals surface area (Å²) in [5.41, 5.74) is 0. The Bertz CT molecular complexity index is 295. The largest absolute Gasteiger partial charge is 0.500 e. The van der Waals surface area contributed by atoms with E-state index in [2.05, 4.69) is 22.4 Å². The number of nitrogens with zero attached hydrogens (tertiary/aromatic N) is 1. The van der Waals surface area contributed by atoms with Crippen molar-refractivity contribution in [3.05, 3.63) is 0 Å². The molecule has 0 heterocycles. The van der Waals surface area contributed by atoms with Crippen LogP contribution in [0.25, 0.3) is 0 Å². The van der Waals surface area contributed by atoms with Crippen molar-refractivity contribution in [2.75, 3.05) is 26.4 Å². The number of thiocarbonyl (C=S) groups is 1. The van der Waals surface area contributed by atoms with Gasteiger partial charge in [0, 0.05) is 32.4 Å². The zero-order chi connectivity index (χ0) is 17.2. The lowest BCUT2D eigenvalue weighted by molar-refractivity contribution is 0.0706. The predicted octanol–water partition coefficient (Wildman–Crippen LogP) is 5.26. The Balaban J connectivity index is 3.70. The second kappa shape index (κ2) is 16.7. The smallest absolute Gasteiger partial charge is 0.374 e. The van der Waals surface area contributed by atoms with E-state index in [4.69, 9.17) is 13.3 Å². The summed E-state index contributed by atoms with van der Waals surface area (Å²) in [6.07, 6.45) is 9.95. The fourth-order valence-electron chi connectivity index (χ4n) is 2.64. The van der Waals surface area contributed by atoms with Gasteiger partial charge in [0.15, 0.2) is 0 Å². The standard InChI is InChI=1S/C17H35NO3SSi/c1-4-19-23(20-5-2,21-6-3)16-14-12-10-8-7-9-11-13-15-18-17-22/h4-16H2,1-3H3. The maximum atomic E-state index is 5.88. The zero-order valence-corrected chi connectivity index (χ0v) is 17.1. The van der Waals surface area contributed by atoms with Crippen molar-refractivity contribution < 1.29 is 13.3 Å². The van der Waals surface area contributed by atoms with Gasteiger partial charge in [-0.15, -0.1) is 0 Å². The van der Waals surface area contributed by atoms with Crippen LogP contribution in [0.5, 0.6) is 0 Å². The van der Waals surface area contributed by atoms with Gasteiger partial charge in [-0.25, -0.2) is 4.99 Å². The first-order valence-electron chi connectivity index (χ1n) is 9.20. The lowest BCUT2D eigenvalue weighted by Gasteiger charge is -2.28. The first-order chi connectivity index (χ1) is 11.2. The Morgan fingerprint density at radius 3 is 1.61 bits per heavy atom. The molecular formula is C17H35NO3SSi. The Morgan fingerprint density at radius 1 is 0.739 bits per heavy atom. The van der Waals surface area contributed by atoms with E-state index in [0.717, 1.165) is 25.4 Å². The molecule has 0 aromatic rings. The Morgan fingerprint density at radius 2 is 1.17 bits per heavy atom. The molecule has 0 aromatic heterocycles. The third kappa shape index (κ3) is 12.9. The van der Waals surface area contributed by atoms with Crippen LogP contribution in [0.3, 0.4) is 0 Å². The van der Waals surface area contributed by atoms with Crippen molar-refractivity contribution >= 4 is 26.2 Å². The average Bonchev–Trinajstić information content (AvgIpc) is 2.53. The Labute approximate surface area is 149 Å². The number of aliphatic imine (C=N–C) groups is 1. The van der Waals surface area contributed by atoms with Crippen molar-refractivity contribution in [2.45, 2.75) is 78.2 Å². The minimum Gasteiger partial charge on any atom is -0.374 e. The van der Waals surface area contributed by atoms with Crippen LogP contribution >= 0.6 is 12.2 Å². The predicted molar refractivity (Wildman–Crippen MR) is 102 cm³/mol. The molecule has 0 atom stereocenters. The normalized spacial score (nSPS) is 11.4. The summed E-state index contributed by atoms with van der Waals surface area (Å²) in [4.78, 5) is 3.93. The molecule has 0 saturated heterocycles. The summed E-state index contributed by atoms with van der Waals surface area (Å²) in [5, 5.41) is 2.41. The summed E-state index contributed by atoms with van der Waals surface area (Å²) in [5.74, 6) is 0. The van der Waals surface area contributed by atoms with E-state index in [9.17, 15) is 0 Å². The molecule has 0 aliphatic heterocycles. The van der Waals surface area contributed by atoms with Crippen molar-refractivity contribution in [1.82, 2.24) is 0 Å². The second-order valence-electron chi connectivity index (χ2n) is 5.53. The second-order valence-corrected chi connectivity index (χ2v) is 8.45. The molecular weight excluding hydrogens is 326 g/mol. The van der Waals surface area contributed by atoms with E-state index in [0.29, 0.717) is 19.8 Å². The summed E-state index contributed by atoms with van der Waals surface area (Å²) in [6, 6.07) is 0.943. The molecule has 0 unspecified atom stereocenters. The molecule has 0 aliphatic carbocycles. The monoisotopic (exact) mass is 361 g/mol. The molecule has 136 valence electrons. The van der Waals surface area contributed by atoms with Crippen molar-refractivity contribution in [2.24, 2.45) is 4.99 Å². The maximum absolute atomic E-state index is 5.88. The van der Waals surface area contributed by atoms with Gasteiger partial charge in [-0.3, -0.25) is 0 Å². The quantitative estimate of drug-likeness (QED) is 0.153. The molecule has 0 spiro atoms. The van der Waals surface area contributed by atoms with Crippen LogP contribution < -0.4 is 0 Å². The van der Waals surface area contributed by atoms with E-state index >= 15 is 0 Å². The van der Waals surface area contributed by atoms with Crippen LogP contribution in [0.2, 0.25) is 6.04 Å². The average molecular weight is 362 g/mol. The molecule has 0 bridgehead atoms. The van der Waals surface area contributed by atoms with Crippen LogP contribution in [-0.4, -0.2) is 40.3 Å². The zero-order valence-electron chi connectivity index (χ0n) is 15.3. The van der Waals surface area contributed by atoms with E-state index < -0.39 is 8.80 Å². The van der Waals surface area contributed by atoms with E-state index in [1.165, 1.54) is 38.5 Å². The molecule has 0 saturated carbocycles. The van der Waals surface area contributed by atoms with Gasteiger partial charge >= 0.3 is 8.80 Å². The number of unbranched alkanes of at least 4 members (excludes halogenated alkanes) is 7. The summed E-state index contributed by atoms with van der Waals surface area (Å²) < 4.78 is 17.6. The number of isothiocyanates is 1. The van der Waals surface area contributed by atoms with Crippen molar-refractivity contribution in [3.63, 3.8) is 0 Å². The summed E-state index contributed by atoms with van der Waals surface area (Å²) >= 11 is 4.55. The highest BCUT2D eigenvalue weighted by Gasteiger charge is 2.39. The first kappa shape index (κ1) is 22.9. The van der Waals surface area contributed by atoms with Crippen LogP contribution in [0.1, 0.15) is 72.1 Å². The van der Waals surface area contributed by atoms with Gasteiger partial charge in [-0.05, 0) is 45.8 Å². The van der Waals surface area contributed by atoms with Crippen LogP contribution in [0.4, 0.5) is 0 Å². The fraction of sp³-hybridized carbons (Fsp3) is 0.941. The lowest BCUT2D eigenvalue weighted by atomic mass is 10.1. The van der Waals surface area contributed by atoms with Gasteiger partial charge in [0.1, 0.15) is 0 Å². The Hall–Kier alpha value is -0.103. The topological polar surface area (TPSA) is 40.0 Å². The molecule has 0 rings (SSSR count). The van der Waals surface area contributed by atoms with E-state index in [1.807, 2.05) is 20.8 Å². The number of hydrogen-bond donors (Lipinski definition) is 0. The van der Waals surface area contributed by atoms with Crippen LogP contribution in [0, 0.1) is 0 Å². The van der Waals surface area contributed by atoms with Gasteiger partial charge in [0.25, 0.3) is 0 Å². The SMILES string of the molecule is CCO[Si](CCCCCCCCCCN=C=S)(OCC)OCC. The first-order valence-corrected chi connectivity index (χ1v) is 11.5. The van der Waals surface area contributed by atoms with Gasteiger partial charge in [-0.2, -0.15) is 0 Å². The minimum atomic E-state index is -2.41. The van der Waals surface area contributed by atoms with Crippen molar-refractivity contribution in [1.29, 1.82) is 0 Å². The molecule has 0 N–H and O–H groups in total. The fourth-order valence-corrected chi connectivity index (χ4v) is 5.42. The minimum absolute atomic E-state index is 0.666. The molecule has 0 aromatic carbocycles. The maximum Gasteiger partial charge on any atom is 0.500 e. The van der Waals surface area contributed by atoms with Gasteiger partial charge in [0.2, 0.25) is 0 Å². The highest BCUT2D eigenvalue weighted by atomic mass is 32.1. The molecule has 4 nitrogen and oxygen atoms in total. The van der Waals surface area contributed by atoms with Gasteiger partial charge < -0.3 is 13.3 Å². The van der Waals surface area contributed by atoms with Gasteiger partial charge in [-0.1, -0.05) is 38.5 Å². The highest BCUT2D eigenvalue weighted by Crippen LogP contribution is 2.20. The third-order valence-corrected chi connectivity index (χ3v) is 6.94. The number of rotatable bonds is 17. The molecule has 0 aliphatic rings. The lowest BCUT2D eigenvalue weighted by Crippen LogP contribution is -2.45. The number of hydrogen-bond acceptors (Lipinski definition) is 5. The summed E-state index contributed by atoms with van der Waals surface area (Å²) in [6.45, 7) is 8.87. The molecule has 0 radical (unpaired) electrons. The van der Waals surface area contributed by atoms with Crippen LogP contribution in [-0.2, 0) is 13.3 Å². The molecule has 23 heavy (non-hydrogen) atoms. The third-order valence-electron chi connectivity index (χ3n) is 3.66. The Kier molecular flexibility index (Phi) is 16.7. The molecule has 6 heteroatoms.